The van der Waals surface area contributed by atoms with Gasteiger partial charge in [-0.05, 0) is 43.2 Å². The van der Waals surface area contributed by atoms with Crippen LogP contribution < -0.4 is 5.32 Å². The summed E-state index contributed by atoms with van der Waals surface area (Å²) in [6.07, 6.45) is 0.0760. The van der Waals surface area contributed by atoms with Crippen molar-refractivity contribution in [1.82, 2.24) is 4.90 Å². The number of hydrogen-bond acceptors (Lipinski definition) is 4. The van der Waals surface area contributed by atoms with Crippen molar-refractivity contribution in [2.45, 2.75) is 25.5 Å². The minimum absolute atomic E-state index is 0.0760. The number of aryl methyl sites for hydroxylation is 1. The third kappa shape index (κ3) is 4.34. The summed E-state index contributed by atoms with van der Waals surface area (Å²) in [6, 6.07) is 13.1. The highest BCUT2D eigenvalue weighted by molar-refractivity contribution is 8.15. The van der Waals surface area contributed by atoms with E-state index in [9.17, 15) is 9.59 Å². The van der Waals surface area contributed by atoms with Gasteiger partial charge in [-0.3, -0.25) is 14.5 Å². The molecule has 0 saturated carbocycles. The van der Waals surface area contributed by atoms with Crippen LogP contribution in [0.15, 0.2) is 47.5 Å². The number of carbonyl (C=O) groups is 2. The summed E-state index contributed by atoms with van der Waals surface area (Å²) in [6.45, 7) is 3.81. The Morgan fingerprint density at radius 2 is 1.96 bits per heavy atom. The lowest BCUT2D eigenvalue weighted by molar-refractivity contribution is -0.127. The maximum absolute atomic E-state index is 12.5. The predicted octanol–water partition coefficient (Wildman–Crippen LogP) is 4.55. The molecule has 1 saturated heterocycles. The van der Waals surface area contributed by atoms with E-state index < -0.39 is 5.25 Å². The first-order valence-electron chi connectivity index (χ1n) is 8.50. The summed E-state index contributed by atoms with van der Waals surface area (Å²) in [5.41, 5.74) is 3.31. The highest BCUT2D eigenvalue weighted by Crippen LogP contribution is 2.32. The van der Waals surface area contributed by atoms with Gasteiger partial charge in [0.2, 0.25) is 11.8 Å². The molecule has 1 N–H and O–H groups in total. The van der Waals surface area contributed by atoms with E-state index in [2.05, 4.69) is 10.3 Å². The van der Waals surface area contributed by atoms with Crippen LogP contribution in [0, 0.1) is 13.8 Å². The van der Waals surface area contributed by atoms with E-state index in [1.165, 1.54) is 16.7 Å². The number of rotatable bonds is 4. The van der Waals surface area contributed by atoms with Gasteiger partial charge in [0.25, 0.3) is 0 Å². The normalized spacial score (nSPS) is 18.2. The molecule has 3 rings (SSSR count). The largest absolute Gasteiger partial charge is 0.326 e. The van der Waals surface area contributed by atoms with Gasteiger partial charge in [-0.2, -0.15) is 0 Å². The molecule has 1 aliphatic rings. The summed E-state index contributed by atoms with van der Waals surface area (Å²) >= 11 is 7.40. The van der Waals surface area contributed by atoms with E-state index in [1.54, 1.807) is 25.2 Å². The molecule has 0 aromatic heterocycles. The number of hydrogen-bond donors (Lipinski definition) is 1. The fourth-order valence-corrected chi connectivity index (χ4v) is 4.02. The molecule has 1 fully saturated rings. The third-order valence-electron chi connectivity index (χ3n) is 4.38. The van der Waals surface area contributed by atoms with Crippen molar-refractivity contribution < 1.29 is 9.59 Å². The van der Waals surface area contributed by atoms with Crippen LogP contribution in [0.4, 0.5) is 11.4 Å². The van der Waals surface area contributed by atoms with Crippen LogP contribution in [0.1, 0.15) is 17.5 Å². The van der Waals surface area contributed by atoms with E-state index in [-0.39, 0.29) is 18.2 Å². The first-order valence-corrected chi connectivity index (χ1v) is 9.76. The summed E-state index contributed by atoms with van der Waals surface area (Å²) in [4.78, 5) is 31.1. The van der Waals surface area contributed by atoms with Crippen LogP contribution in [0.2, 0.25) is 5.02 Å². The minimum Gasteiger partial charge on any atom is -0.326 e. The number of para-hydroxylation sites is 1. The molecule has 0 aliphatic carbocycles. The van der Waals surface area contributed by atoms with Crippen molar-refractivity contribution >= 4 is 51.7 Å². The molecule has 27 heavy (non-hydrogen) atoms. The van der Waals surface area contributed by atoms with Gasteiger partial charge in [0.1, 0.15) is 5.25 Å². The standard InChI is InChI=1S/C20H20ClN3O2S/c1-12-7-4-5-9-15(12)23-20-24(3)19(26)17(27-20)11-18(25)22-16-10-6-8-14(21)13(16)2/h4-10,17H,11H2,1-3H3,(H,22,25). The van der Waals surface area contributed by atoms with Crippen molar-refractivity contribution in [2.24, 2.45) is 4.99 Å². The van der Waals surface area contributed by atoms with E-state index in [0.717, 1.165) is 16.8 Å². The Morgan fingerprint density at radius 3 is 2.70 bits per heavy atom. The summed E-state index contributed by atoms with van der Waals surface area (Å²) < 4.78 is 0. The zero-order chi connectivity index (χ0) is 19.6. The summed E-state index contributed by atoms with van der Waals surface area (Å²) in [7, 11) is 1.69. The molecule has 140 valence electrons. The molecule has 1 heterocycles. The molecular formula is C20H20ClN3O2S. The molecule has 1 aliphatic heterocycles. The van der Waals surface area contributed by atoms with Crippen LogP contribution in [0.3, 0.4) is 0 Å². The van der Waals surface area contributed by atoms with Crippen LogP contribution in [-0.2, 0) is 9.59 Å². The summed E-state index contributed by atoms with van der Waals surface area (Å²) in [5.74, 6) is -0.345. The SMILES string of the molecule is Cc1ccccc1N=C1SC(CC(=O)Nc2cccc(Cl)c2C)C(=O)N1C. The Kier molecular flexibility index (Phi) is 5.87. The third-order valence-corrected chi connectivity index (χ3v) is 6.02. The Bertz CT molecular complexity index is 929. The van der Waals surface area contributed by atoms with Crippen molar-refractivity contribution in [3.05, 3.63) is 58.6 Å². The van der Waals surface area contributed by atoms with E-state index >= 15 is 0 Å². The number of nitrogens with zero attached hydrogens (tertiary/aromatic N) is 2. The lowest BCUT2D eigenvalue weighted by Crippen LogP contribution is -2.30. The Morgan fingerprint density at radius 1 is 1.22 bits per heavy atom. The Balaban J connectivity index is 1.71. The highest BCUT2D eigenvalue weighted by Gasteiger charge is 2.37. The summed E-state index contributed by atoms with van der Waals surface area (Å²) in [5, 5.41) is 3.54. The first-order chi connectivity index (χ1) is 12.9. The fraction of sp³-hybridized carbons (Fsp3) is 0.250. The average molecular weight is 402 g/mol. The van der Waals surface area contributed by atoms with Crippen LogP contribution in [0.5, 0.6) is 0 Å². The zero-order valence-electron chi connectivity index (χ0n) is 15.3. The second-order valence-electron chi connectivity index (χ2n) is 6.35. The molecular weight excluding hydrogens is 382 g/mol. The van der Waals surface area contributed by atoms with Gasteiger partial charge in [0.05, 0.1) is 5.69 Å². The van der Waals surface area contributed by atoms with E-state index in [0.29, 0.717) is 15.9 Å². The predicted molar refractivity (Wildman–Crippen MR) is 112 cm³/mol. The second kappa shape index (κ2) is 8.15. The number of amidine groups is 1. The first kappa shape index (κ1) is 19.5. The number of benzene rings is 2. The smallest absolute Gasteiger partial charge is 0.242 e. The maximum Gasteiger partial charge on any atom is 0.242 e. The maximum atomic E-state index is 12.5. The highest BCUT2D eigenvalue weighted by atomic mass is 35.5. The molecule has 0 radical (unpaired) electrons. The topological polar surface area (TPSA) is 61.8 Å². The van der Waals surface area contributed by atoms with Crippen molar-refractivity contribution in [3.63, 3.8) is 0 Å². The fourth-order valence-electron chi connectivity index (χ4n) is 2.70. The number of nitrogens with one attached hydrogen (secondary N) is 1. The van der Waals surface area contributed by atoms with Gasteiger partial charge in [0, 0.05) is 24.2 Å². The number of halogens is 1. The lowest BCUT2D eigenvalue weighted by Gasteiger charge is -2.11. The molecule has 5 nitrogen and oxygen atoms in total. The molecule has 2 aromatic carbocycles. The second-order valence-corrected chi connectivity index (χ2v) is 7.93. The average Bonchev–Trinajstić information content (AvgIpc) is 2.89. The molecule has 1 atom stereocenters. The van der Waals surface area contributed by atoms with Gasteiger partial charge in [-0.25, -0.2) is 4.99 Å². The molecule has 0 bridgehead atoms. The molecule has 0 spiro atoms. The Hall–Kier alpha value is -2.31. The van der Waals surface area contributed by atoms with Gasteiger partial charge < -0.3 is 5.32 Å². The molecule has 1 unspecified atom stereocenters. The zero-order valence-corrected chi connectivity index (χ0v) is 16.9. The Labute approximate surface area is 167 Å². The van der Waals surface area contributed by atoms with Crippen molar-refractivity contribution in [3.8, 4) is 0 Å². The number of amides is 2. The van der Waals surface area contributed by atoms with E-state index in [1.807, 2.05) is 38.1 Å². The monoisotopic (exact) mass is 401 g/mol. The van der Waals surface area contributed by atoms with Gasteiger partial charge >= 0.3 is 0 Å². The number of anilines is 1. The van der Waals surface area contributed by atoms with Crippen molar-refractivity contribution in [1.29, 1.82) is 0 Å². The minimum atomic E-state index is -0.489. The van der Waals surface area contributed by atoms with E-state index in [4.69, 9.17) is 11.6 Å². The van der Waals surface area contributed by atoms with Gasteiger partial charge in [-0.1, -0.05) is 47.6 Å². The van der Waals surface area contributed by atoms with Crippen LogP contribution in [-0.4, -0.2) is 34.2 Å². The van der Waals surface area contributed by atoms with Gasteiger partial charge in [0.15, 0.2) is 5.17 Å². The van der Waals surface area contributed by atoms with Crippen LogP contribution >= 0.6 is 23.4 Å². The quantitative estimate of drug-likeness (QED) is 0.817. The number of aliphatic imine (C=N–C) groups is 1. The number of thioether (sulfide) groups is 1. The molecule has 2 amide bonds. The van der Waals surface area contributed by atoms with Crippen LogP contribution in [0.25, 0.3) is 0 Å². The molecule has 7 heteroatoms. The lowest BCUT2D eigenvalue weighted by atomic mass is 10.2. The number of carbonyl (C=O) groups excluding carboxylic acids is 2. The molecule has 2 aromatic rings. The van der Waals surface area contributed by atoms with Crippen molar-refractivity contribution in [2.75, 3.05) is 12.4 Å². The van der Waals surface area contributed by atoms with Gasteiger partial charge in [-0.15, -0.1) is 0 Å².